The van der Waals surface area contributed by atoms with Gasteiger partial charge in [-0.25, -0.2) is 4.98 Å². The number of fused-ring (bicyclic) bond motifs is 1. The Balaban J connectivity index is 1.39. The molecule has 1 N–H and O–H groups in total. The lowest BCUT2D eigenvalue weighted by Crippen LogP contribution is -2.10. The van der Waals surface area contributed by atoms with Crippen LogP contribution in [0.1, 0.15) is 76.7 Å². The predicted octanol–water partition coefficient (Wildman–Crippen LogP) is 8.13. The molecule has 0 bridgehead atoms. The Labute approximate surface area is 184 Å². The van der Waals surface area contributed by atoms with Crippen molar-refractivity contribution in [3.63, 3.8) is 0 Å². The number of hydrogen-bond acceptors (Lipinski definition) is 3. The van der Waals surface area contributed by atoms with Gasteiger partial charge < -0.3 is 5.32 Å². The van der Waals surface area contributed by atoms with Crippen molar-refractivity contribution in [1.29, 1.82) is 0 Å². The smallest absolute Gasteiger partial charge is 0.224 e. The van der Waals surface area contributed by atoms with Crippen LogP contribution in [0.15, 0.2) is 42.5 Å². The molecule has 0 atom stereocenters. The number of hydrogen-bond donors (Lipinski definition) is 1. The highest BCUT2D eigenvalue weighted by atomic mass is 32.1. The largest absolute Gasteiger partial charge is 0.326 e. The lowest BCUT2D eigenvalue weighted by molar-refractivity contribution is -0.116. The number of aryl methyl sites for hydroxylation is 1. The number of anilines is 1. The molecular formula is C26H34N2OS. The highest BCUT2D eigenvalue weighted by Gasteiger charge is 2.07. The number of rotatable bonds is 12. The van der Waals surface area contributed by atoms with Crippen LogP contribution in [0.3, 0.4) is 0 Å². The van der Waals surface area contributed by atoms with E-state index in [0.29, 0.717) is 6.42 Å². The van der Waals surface area contributed by atoms with Gasteiger partial charge in [0.25, 0.3) is 0 Å². The molecule has 1 aromatic heterocycles. The Morgan fingerprint density at radius 3 is 2.27 bits per heavy atom. The van der Waals surface area contributed by atoms with E-state index in [1.54, 1.807) is 11.3 Å². The van der Waals surface area contributed by atoms with Gasteiger partial charge in [-0.15, -0.1) is 11.3 Å². The fraction of sp³-hybridized carbons (Fsp3) is 0.462. The van der Waals surface area contributed by atoms with Crippen molar-refractivity contribution >= 4 is 33.1 Å². The van der Waals surface area contributed by atoms with E-state index in [0.717, 1.165) is 34.6 Å². The van der Waals surface area contributed by atoms with Crippen LogP contribution in [-0.2, 0) is 4.79 Å². The minimum atomic E-state index is 0.112. The number of amides is 1. The summed E-state index contributed by atoms with van der Waals surface area (Å²) >= 11 is 1.71. The summed E-state index contributed by atoms with van der Waals surface area (Å²) in [6.45, 7) is 4.35. The van der Waals surface area contributed by atoms with E-state index < -0.39 is 0 Å². The first-order valence-corrected chi connectivity index (χ1v) is 12.2. The van der Waals surface area contributed by atoms with Crippen molar-refractivity contribution in [1.82, 2.24) is 4.98 Å². The number of benzene rings is 2. The standard InChI is InChI=1S/C26H34N2OS/c1-3-4-5-6-7-8-9-10-11-12-25(29)27-22-16-14-21(15-17-22)26-28-23-18-13-20(2)19-24(23)30-26/h13-19H,3-12H2,1-2H3,(H,27,29). The quantitative estimate of drug-likeness (QED) is 0.299. The van der Waals surface area contributed by atoms with Gasteiger partial charge in [0.15, 0.2) is 0 Å². The van der Waals surface area contributed by atoms with Gasteiger partial charge in [-0.2, -0.15) is 0 Å². The second-order valence-electron chi connectivity index (χ2n) is 8.19. The van der Waals surface area contributed by atoms with Crippen molar-refractivity contribution in [3.8, 4) is 10.6 Å². The first kappa shape index (κ1) is 22.5. The van der Waals surface area contributed by atoms with Gasteiger partial charge >= 0.3 is 0 Å². The van der Waals surface area contributed by atoms with E-state index in [1.807, 2.05) is 24.3 Å². The molecule has 0 saturated carbocycles. The molecule has 30 heavy (non-hydrogen) atoms. The van der Waals surface area contributed by atoms with Gasteiger partial charge in [-0.3, -0.25) is 4.79 Å². The molecule has 0 aliphatic rings. The Bertz CT molecular complexity index is 930. The molecule has 3 aromatic rings. The third-order valence-corrected chi connectivity index (χ3v) is 6.53. The fourth-order valence-corrected chi connectivity index (χ4v) is 4.74. The van der Waals surface area contributed by atoms with Crippen molar-refractivity contribution < 1.29 is 4.79 Å². The number of nitrogens with zero attached hydrogens (tertiary/aromatic N) is 1. The van der Waals surface area contributed by atoms with Crippen LogP contribution in [0.2, 0.25) is 0 Å². The lowest BCUT2D eigenvalue weighted by Gasteiger charge is -2.06. The van der Waals surface area contributed by atoms with Crippen LogP contribution in [0, 0.1) is 6.92 Å². The molecule has 0 radical (unpaired) electrons. The SMILES string of the molecule is CCCCCCCCCCCC(=O)Nc1ccc(-c2nc3ccc(C)cc3s2)cc1. The molecule has 0 fully saturated rings. The van der Waals surface area contributed by atoms with Gasteiger partial charge in [-0.05, 0) is 55.3 Å². The summed E-state index contributed by atoms with van der Waals surface area (Å²) in [5.74, 6) is 0.112. The normalized spacial score (nSPS) is 11.1. The summed E-state index contributed by atoms with van der Waals surface area (Å²) < 4.78 is 1.21. The number of carbonyl (C=O) groups is 1. The van der Waals surface area contributed by atoms with E-state index in [9.17, 15) is 4.79 Å². The summed E-state index contributed by atoms with van der Waals surface area (Å²) in [6, 6.07) is 14.4. The molecule has 1 heterocycles. The van der Waals surface area contributed by atoms with E-state index in [1.165, 1.54) is 55.2 Å². The Hall–Kier alpha value is -2.20. The highest BCUT2D eigenvalue weighted by Crippen LogP contribution is 2.31. The van der Waals surface area contributed by atoms with E-state index in [4.69, 9.17) is 4.98 Å². The monoisotopic (exact) mass is 422 g/mol. The van der Waals surface area contributed by atoms with Crippen LogP contribution >= 0.6 is 11.3 Å². The molecule has 0 aliphatic carbocycles. The first-order chi connectivity index (χ1) is 14.7. The molecule has 2 aromatic carbocycles. The maximum atomic E-state index is 12.2. The number of aromatic nitrogens is 1. The van der Waals surface area contributed by atoms with Crippen molar-refractivity contribution in [2.45, 2.75) is 78.1 Å². The third-order valence-electron chi connectivity index (χ3n) is 5.47. The fourth-order valence-electron chi connectivity index (χ4n) is 3.67. The van der Waals surface area contributed by atoms with E-state index >= 15 is 0 Å². The van der Waals surface area contributed by atoms with Crippen molar-refractivity contribution in [2.75, 3.05) is 5.32 Å². The topological polar surface area (TPSA) is 42.0 Å². The van der Waals surface area contributed by atoms with Gasteiger partial charge in [0.1, 0.15) is 5.01 Å². The maximum absolute atomic E-state index is 12.2. The Morgan fingerprint density at radius 1 is 0.900 bits per heavy atom. The van der Waals surface area contributed by atoms with Crippen LogP contribution in [-0.4, -0.2) is 10.9 Å². The van der Waals surface area contributed by atoms with Gasteiger partial charge in [-0.1, -0.05) is 64.4 Å². The molecule has 0 spiro atoms. The predicted molar refractivity (Wildman–Crippen MR) is 130 cm³/mol. The average Bonchev–Trinajstić information content (AvgIpc) is 3.16. The second-order valence-corrected chi connectivity index (χ2v) is 9.22. The second kappa shape index (κ2) is 11.8. The summed E-state index contributed by atoms with van der Waals surface area (Å²) in [5, 5.41) is 4.04. The molecule has 0 aliphatic heterocycles. The molecule has 0 saturated heterocycles. The Kier molecular flexibility index (Phi) is 8.88. The van der Waals surface area contributed by atoms with Gasteiger partial charge in [0.2, 0.25) is 5.91 Å². The summed E-state index contributed by atoms with van der Waals surface area (Å²) in [5.41, 5.74) is 4.24. The summed E-state index contributed by atoms with van der Waals surface area (Å²) in [6.07, 6.45) is 12.0. The third kappa shape index (κ3) is 6.94. The number of unbranched alkanes of at least 4 members (excludes halogenated alkanes) is 8. The molecule has 4 heteroatoms. The molecule has 3 rings (SSSR count). The zero-order valence-electron chi connectivity index (χ0n) is 18.4. The van der Waals surface area contributed by atoms with Gasteiger partial charge in [0.05, 0.1) is 10.2 Å². The maximum Gasteiger partial charge on any atom is 0.224 e. The average molecular weight is 423 g/mol. The van der Waals surface area contributed by atoms with Crippen LogP contribution in [0.5, 0.6) is 0 Å². The van der Waals surface area contributed by atoms with Gasteiger partial charge in [0, 0.05) is 17.7 Å². The zero-order chi connectivity index (χ0) is 21.2. The number of nitrogens with one attached hydrogen (secondary N) is 1. The van der Waals surface area contributed by atoms with Crippen molar-refractivity contribution in [2.24, 2.45) is 0 Å². The van der Waals surface area contributed by atoms with Crippen LogP contribution < -0.4 is 5.32 Å². The minimum absolute atomic E-state index is 0.112. The molecule has 0 unspecified atom stereocenters. The summed E-state index contributed by atoms with van der Waals surface area (Å²) in [4.78, 5) is 16.9. The van der Waals surface area contributed by atoms with Crippen LogP contribution in [0.25, 0.3) is 20.8 Å². The number of carbonyl (C=O) groups excluding carboxylic acids is 1. The molecule has 3 nitrogen and oxygen atoms in total. The van der Waals surface area contributed by atoms with Crippen molar-refractivity contribution in [3.05, 3.63) is 48.0 Å². The van der Waals surface area contributed by atoms with E-state index in [-0.39, 0.29) is 5.91 Å². The number of thiazole rings is 1. The van der Waals surface area contributed by atoms with E-state index in [2.05, 4.69) is 37.4 Å². The zero-order valence-corrected chi connectivity index (χ0v) is 19.2. The Morgan fingerprint density at radius 2 is 1.57 bits per heavy atom. The molecule has 1 amide bonds. The molecular weight excluding hydrogens is 388 g/mol. The summed E-state index contributed by atoms with van der Waals surface area (Å²) in [7, 11) is 0. The van der Waals surface area contributed by atoms with Crippen LogP contribution in [0.4, 0.5) is 5.69 Å². The first-order valence-electron chi connectivity index (χ1n) is 11.4. The lowest BCUT2D eigenvalue weighted by atomic mass is 10.1. The minimum Gasteiger partial charge on any atom is -0.326 e. The highest BCUT2D eigenvalue weighted by molar-refractivity contribution is 7.21. The molecule has 160 valence electrons.